The number of hydrogen-bond acceptors (Lipinski definition) is 4. The minimum absolute atomic E-state index is 0.393. The Bertz CT molecular complexity index is 313. The van der Waals surface area contributed by atoms with Gasteiger partial charge in [0.05, 0.1) is 14.2 Å². The Morgan fingerprint density at radius 3 is 2.06 bits per heavy atom. The maximum atomic E-state index is 11.8. The number of carbonyl (C=O) groups is 2. The number of amides is 1. The van der Waals surface area contributed by atoms with Gasteiger partial charge in [-0.15, -0.1) is 0 Å². The van der Waals surface area contributed by atoms with Crippen molar-refractivity contribution >= 4 is 12.1 Å². The van der Waals surface area contributed by atoms with E-state index in [9.17, 15) is 9.59 Å². The van der Waals surface area contributed by atoms with Crippen LogP contribution in [0.1, 0.15) is 33.6 Å². The summed E-state index contributed by atoms with van der Waals surface area (Å²) in [4.78, 5) is 25.0. The van der Waals surface area contributed by atoms with Crippen LogP contribution in [0.5, 0.6) is 0 Å². The SMILES string of the molecule is COC(=O)N1C(C)(C)CCC1(C)C(=O)OC. The van der Waals surface area contributed by atoms with Crippen LogP contribution in [0.25, 0.3) is 0 Å². The van der Waals surface area contributed by atoms with Gasteiger partial charge in [-0.05, 0) is 33.6 Å². The van der Waals surface area contributed by atoms with Crippen LogP contribution in [-0.2, 0) is 14.3 Å². The number of rotatable bonds is 1. The number of esters is 1. The standard InChI is InChI=1S/C11H19NO4/c1-10(2)6-7-11(3,8(13)15-4)12(10)9(14)16-5/h6-7H2,1-5H3. The van der Waals surface area contributed by atoms with Crippen molar-refractivity contribution in [2.45, 2.75) is 44.7 Å². The van der Waals surface area contributed by atoms with Crippen LogP contribution in [0, 0.1) is 0 Å². The van der Waals surface area contributed by atoms with Crippen LogP contribution in [0.3, 0.4) is 0 Å². The molecule has 1 amide bonds. The molecule has 1 aliphatic rings. The summed E-state index contributed by atoms with van der Waals surface area (Å²) in [5.74, 6) is -0.400. The normalized spacial score (nSPS) is 27.7. The molecule has 1 aliphatic heterocycles. The molecule has 1 unspecified atom stereocenters. The third-order valence-electron chi connectivity index (χ3n) is 3.30. The molecule has 0 aliphatic carbocycles. The third-order valence-corrected chi connectivity index (χ3v) is 3.30. The molecule has 92 valence electrons. The van der Waals surface area contributed by atoms with Crippen molar-refractivity contribution in [1.82, 2.24) is 4.90 Å². The smallest absolute Gasteiger partial charge is 0.410 e. The van der Waals surface area contributed by atoms with E-state index < -0.39 is 23.1 Å². The van der Waals surface area contributed by atoms with E-state index >= 15 is 0 Å². The lowest BCUT2D eigenvalue weighted by molar-refractivity contribution is -0.153. The van der Waals surface area contributed by atoms with Gasteiger partial charge in [-0.3, -0.25) is 4.90 Å². The van der Waals surface area contributed by atoms with Crippen LogP contribution in [0.2, 0.25) is 0 Å². The number of methoxy groups -OCH3 is 2. The fraction of sp³-hybridized carbons (Fsp3) is 0.818. The molecule has 1 saturated heterocycles. The number of nitrogens with zero attached hydrogens (tertiary/aromatic N) is 1. The second-order valence-electron chi connectivity index (χ2n) is 4.88. The average molecular weight is 229 g/mol. The summed E-state index contributed by atoms with van der Waals surface area (Å²) in [7, 11) is 2.64. The molecule has 16 heavy (non-hydrogen) atoms. The highest BCUT2D eigenvalue weighted by atomic mass is 16.5. The maximum absolute atomic E-state index is 11.8. The van der Waals surface area contributed by atoms with Gasteiger partial charge in [-0.25, -0.2) is 9.59 Å². The van der Waals surface area contributed by atoms with Gasteiger partial charge in [-0.2, -0.15) is 0 Å². The molecule has 0 aromatic carbocycles. The van der Waals surface area contributed by atoms with Gasteiger partial charge in [0.15, 0.2) is 0 Å². The highest BCUT2D eigenvalue weighted by molar-refractivity contribution is 5.86. The number of carbonyl (C=O) groups excluding carboxylic acids is 2. The Balaban J connectivity index is 3.12. The molecule has 5 nitrogen and oxygen atoms in total. The van der Waals surface area contributed by atoms with Gasteiger partial charge < -0.3 is 9.47 Å². The molecule has 1 heterocycles. The van der Waals surface area contributed by atoms with E-state index in [1.807, 2.05) is 13.8 Å². The summed E-state index contributed by atoms with van der Waals surface area (Å²) >= 11 is 0. The summed E-state index contributed by atoms with van der Waals surface area (Å²) in [6.07, 6.45) is 0.838. The van der Waals surface area contributed by atoms with E-state index in [0.29, 0.717) is 6.42 Å². The van der Waals surface area contributed by atoms with E-state index in [0.717, 1.165) is 6.42 Å². The van der Waals surface area contributed by atoms with Gasteiger partial charge in [-0.1, -0.05) is 0 Å². The van der Waals surface area contributed by atoms with E-state index in [4.69, 9.17) is 9.47 Å². The molecule has 0 spiro atoms. The van der Waals surface area contributed by atoms with Crippen LogP contribution < -0.4 is 0 Å². The van der Waals surface area contributed by atoms with Crippen molar-refractivity contribution in [3.05, 3.63) is 0 Å². The van der Waals surface area contributed by atoms with Crippen LogP contribution >= 0.6 is 0 Å². The van der Waals surface area contributed by atoms with Gasteiger partial charge in [0.2, 0.25) is 0 Å². The van der Waals surface area contributed by atoms with Gasteiger partial charge in [0, 0.05) is 5.54 Å². The van der Waals surface area contributed by atoms with E-state index in [-0.39, 0.29) is 0 Å². The second kappa shape index (κ2) is 3.96. The van der Waals surface area contributed by atoms with Gasteiger partial charge in [0.1, 0.15) is 5.54 Å². The predicted octanol–water partition coefficient (Wildman–Crippen LogP) is 1.56. The lowest BCUT2D eigenvalue weighted by atomic mass is 9.99. The van der Waals surface area contributed by atoms with Crippen molar-refractivity contribution in [3.63, 3.8) is 0 Å². The van der Waals surface area contributed by atoms with Crippen LogP contribution in [0.15, 0.2) is 0 Å². The molecule has 1 rings (SSSR count). The molecular weight excluding hydrogens is 210 g/mol. The minimum atomic E-state index is -0.925. The first-order valence-electron chi connectivity index (χ1n) is 5.26. The van der Waals surface area contributed by atoms with Crippen molar-refractivity contribution in [2.24, 2.45) is 0 Å². The first-order chi connectivity index (χ1) is 7.29. The Kier molecular flexibility index (Phi) is 3.17. The molecule has 0 aromatic heterocycles. The fourth-order valence-electron chi connectivity index (χ4n) is 2.39. The summed E-state index contributed by atoms with van der Waals surface area (Å²) < 4.78 is 9.51. The third kappa shape index (κ3) is 1.74. The molecule has 0 bridgehead atoms. The second-order valence-corrected chi connectivity index (χ2v) is 4.88. The van der Waals surface area contributed by atoms with Crippen LogP contribution in [0.4, 0.5) is 4.79 Å². The van der Waals surface area contributed by atoms with Crippen LogP contribution in [-0.4, -0.2) is 42.3 Å². The lowest BCUT2D eigenvalue weighted by Crippen LogP contribution is -2.57. The average Bonchev–Trinajstić information content (AvgIpc) is 2.49. The summed E-state index contributed by atoms with van der Waals surface area (Å²) in [5.41, 5.74) is -1.32. The minimum Gasteiger partial charge on any atom is -0.467 e. The zero-order chi connectivity index (χ0) is 12.6. The van der Waals surface area contributed by atoms with Crippen molar-refractivity contribution < 1.29 is 19.1 Å². The van der Waals surface area contributed by atoms with Crippen molar-refractivity contribution in [1.29, 1.82) is 0 Å². The summed E-state index contributed by atoms with van der Waals surface area (Å²) in [6, 6.07) is 0. The molecule has 0 aromatic rings. The van der Waals surface area contributed by atoms with E-state index in [1.54, 1.807) is 6.92 Å². The predicted molar refractivity (Wildman–Crippen MR) is 58.0 cm³/mol. The molecule has 0 N–H and O–H groups in total. The van der Waals surface area contributed by atoms with E-state index in [1.165, 1.54) is 19.1 Å². The van der Waals surface area contributed by atoms with E-state index in [2.05, 4.69) is 0 Å². The highest BCUT2D eigenvalue weighted by Gasteiger charge is 2.55. The largest absolute Gasteiger partial charge is 0.467 e. The Hall–Kier alpha value is -1.26. The molecule has 5 heteroatoms. The summed E-state index contributed by atoms with van der Waals surface area (Å²) in [6.45, 7) is 5.54. The molecule has 1 atom stereocenters. The van der Waals surface area contributed by atoms with Gasteiger partial charge in [0.25, 0.3) is 0 Å². The quantitative estimate of drug-likeness (QED) is 0.640. The Morgan fingerprint density at radius 1 is 1.06 bits per heavy atom. The number of hydrogen-bond donors (Lipinski definition) is 0. The molecular formula is C11H19NO4. The summed E-state index contributed by atoms with van der Waals surface area (Å²) in [5, 5.41) is 0. The number of likely N-dealkylation sites (tertiary alicyclic amines) is 1. The zero-order valence-corrected chi connectivity index (χ0v) is 10.5. The van der Waals surface area contributed by atoms with Crippen molar-refractivity contribution in [2.75, 3.05) is 14.2 Å². The molecule has 0 radical (unpaired) electrons. The maximum Gasteiger partial charge on any atom is 0.410 e. The zero-order valence-electron chi connectivity index (χ0n) is 10.5. The Labute approximate surface area is 95.7 Å². The highest BCUT2D eigenvalue weighted by Crippen LogP contribution is 2.41. The van der Waals surface area contributed by atoms with Crippen molar-refractivity contribution in [3.8, 4) is 0 Å². The molecule has 0 saturated carbocycles. The lowest BCUT2D eigenvalue weighted by Gasteiger charge is -2.39. The molecule has 1 fully saturated rings. The van der Waals surface area contributed by atoms with Gasteiger partial charge >= 0.3 is 12.1 Å². The Morgan fingerprint density at radius 2 is 1.62 bits per heavy atom. The first-order valence-corrected chi connectivity index (χ1v) is 5.26. The number of ether oxygens (including phenoxy) is 2. The topological polar surface area (TPSA) is 55.8 Å². The first kappa shape index (κ1) is 12.8. The fourth-order valence-corrected chi connectivity index (χ4v) is 2.39. The monoisotopic (exact) mass is 229 g/mol.